The molecule has 1 amide bonds. The summed E-state index contributed by atoms with van der Waals surface area (Å²) in [7, 11) is 0. The number of hydrogen-bond donors (Lipinski definition) is 1. The lowest BCUT2D eigenvalue weighted by Gasteiger charge is -2.21. The van der Waals surface area contributed by atoms with Gasteiger partial charge in [-0.2, -0.15) is 0 Å². The molecule has 0 spiro atoms. The van der Waals surface area contributed by atoms with Crippen LogP contribution in [-0.4, -0.2) is 33.3 Å². The van der Waals surface area contributed by atoms with Crippen molar-refractivity contribution in [2.45, 2.75) is 13.0 Å². The molecule has 1 aliphatic heterocycles. The second-order valence-corrected chi connectivity index (χ2v) is 8.16. The fourth-order valence-corrected chi connectivity index (χ4v) is 3.99. The Morgan fingerprint density at radius 1 is 0.946 bits per heavy atom. The van der Waals surface area contributed by atoms with Gasteiger partial charge >= 0.3 is 5.97 Å². The second-order valence-electron chi connectivity index (χ2n) is 8.16. The molecule has 2 unspecified atom stereocenters. The fraction of sp³-hybridized carbons (Fsp3) is 0.120. The van der Waals surface area contributed by atoms with E-state index in [0.29, 0.717) is 5.56 Å². The van der Waals surface area contributed by atoms with Crippen LogP contribution in [0.4, 0.5) is 17.1 Å². The number of esters is 1. The Kier molecular flexibility index (Phi) is 6.57. The van der Waals surface area contributed by atoms with Gasteiger partial charge in [-0.3, -0.25) is 34.6 Å². The summed E-state index contributed by atoms with van der Waals surface area (Å²) in [6.45, 7) is 1.60. The van der Waals surface area contributed by atoms with Gasteiger partial charge in [0.1, 0.15) is 17.7 Å². The molecule has 1 heterocycles. The first-order valence-electron chi connectivity index (χ1n) is 10.8. The monoisotopic (exact) mass is 503 g/mol. The highest BCUT2D eigenvalue weighted by atomic mass is 16.6. The van der Waals surface area contributed by atoms with Crippen molar-refractivity contribution in [1.29, 1.82) is 0 Å². The standard InChI is InChI=1S/C25H17N3O9/c1-13-9-10-18(19(11-13)28(35)36)26-24(31)22(30)20(21(29)14-5-4-6-15(12-14)27(33)34)23-16-7-2-3-8-17(16)25(32)37-23/h2-12,20,23H,1H3,(H,26,31). The summed E-state index contributed by atoms with van der Waals surface area (Å²) in [5.74, 6) is -6.45. The maximum Gasteiger partial charge on any atom is 0.339 e. The Balaban J connectivity index is 1.75. The number of non-ortho nitro benzene ring substituents is 1. The summed E-state index contributed by atoms with van der Waals surface area (Å²) in [4.78, 5) is 73.5. The number of ether oxygens (including phenoxy) is 1. The molecule has 4 rings (SSSR count). The zero-order chi connectivity index (χ0) is 26.9. The largest absolute Gasteiger partial charge is 0.453 e. The van der Waals surface area contributed by atoms with Gasteiger partial charge in [0.15, 0.2) is 5.78 Å². The molecule has 0 aromatic heterocycles. The van der Waals surface area contributed by atoms with Crippen LogP contribution < -0.4 is 5.32 Å². The van der Waals surface area contributed by atoms with Gasteiger partial charge < -0.3 is 10.1 Å². The van der Waals surface area contributed by atoms with Gasteiger partial charge in [-0.1, -0.05) is 36.4 Å². The van der Waals surface area contributed by atoms with Gasteiger partial charge in [0.25, 0.3) is 17.3 Å². The average Bonchev–Trinajstić information content (AvgIpc) is 3.21. The number of nitrogens with zero attached hydrogens (tertiary/aromatic N) is 2. The summed E-state index contributed by atoms with van der Waals surface area (Å²) in [6, 6.07) is 14.4. The lowest BCUT2D eigenvalue weighted by molar-refractivity contribution is -0.384. The molecule has 1 N–H and O–H groups in total. The number of benzene rings is 3. The number of cyclic esters (lactones) is 1. The summed E-state index contributed by atoms with van der Waals surface area (Å²) >= 11 is 0. The van der Waals surface area contributed by atoms with Crippen LogP contribution in [0.3, 0.4) is 0 Å². The van der Waals surface area contributed by atoms with E-state index < -0.39 is 56.7 Å². The van der Waals surface area contributed by atoms with Crippen LogP contribution in [0.25, 0.3) is 0 Å². The van der Waals surface area contributed by atoms with Crippen molar-refractivity contribution >= 4 is 40.5 Å². The minimum Gasteiger partial charge on any atom is -0.453 e. The topological polar surface area (TPSA) is 176 Å². The Hall–Kier alpha value is -5.26. The van der Waals surface area contributed by atoms with Crippen LogP contribution >= 0.6 is 0 Å². The molecular formula is C25H17N3O9. The predicted octanol–water partition coefficient (Wildman–Crippen LogP) is 3.73. The number of amides is 1. The van der Waals surface area contributed by atoms with Crippen molar-refractivity contribution in [2.75, 3.05) is 5.32 Å². The number of anilines is 1. The maximum atomic E-state index is 13.5. The van der Waals surface area contributed by atoms with E-state index in [4.69, 9.17) is 4.74 Å². The fourth-order valence-electron chi connectivity index (χ4n) is 3.99. The Morgan fingerprint density at radius 3 is 2.38 bits per heavy atom. The smallest absolute Gasteiger partial charge is 0.339 e. The Bertz CT molecular complexity index is 1500. The van der Waals surface area contributed by atoms with Crippen molar-refractivity contribution in [2.24, 2.45) is 5.92 Å². The van der Waals surface area contributed by atoms with Crippen LogP contribution in [0.1, 0.15) is 37.9 Å². The molecule has 1 aliphatic rings. The summed E-state index contributed by atoms with van der Waals surface area (Å²) in [5, 5.41) is 24.8. The molecular weight excluding hydrogens is 486 g/mol. The molecule has 0 bridgehead atoms. The van der Waals surface area contributed by atoms with E-state index in [9.17, 15) is 39.4 Å². The third-order valence-electron chi connectivity index (χ3n) is 5.75. The van der Waals surface area contributed by atoms with Gasteiger partial charge in [0, 0.05) is 29.3 Å². The number of nitrogens with one attached hydrogen (secondary N) is 1. The second kappa shape index (κ2) is 9.77. The van der Waals surface area contributed by atoms with E-state index in [1.807, 2.05) is 0 Å². The number of nitro groups is 2. The van der Waals surface area contributed by atoms with Gasteiger partial charge in [0.2, 0.25) is 5.78 Å². The van der Waals surface area contributed by atoms with Gasteiger partial charge in [0.05, 0.1) is 15.4 Å². The lowest BCUT2D eigenvalue weighted by Crippen LogP contribution is -2.38. The van der Waals surface area contributed by atoms with E-state index >= 15 is 0 Å². The number of ketones is 2. The third kappa shape index (κ3) is 4.80. The number of Topliss-reactive ketones (excluding diaryl/α,β-unsaturated/α-hetero) is 2. The summed E-state index contributed by atoms with van der Waals surface area (Å²) in [6.07, 6.45) is -1.50. The highest BCUT2D eigenvalue weighted by molar-refractivity contribution is 6.45. The van der Waals surface area contributed by atoms with Crippen molar-refractivity contribution in [1.82, 2.24) is 0 Å². The van der Waals surface area contributed by atoms with Crippen molar-refractivity contribution in [3.63, 3.8) is 0 Å². The highest BCUT2D eigenvalue weighted by Crippen LogP contribution is 2.38. The molecule has 3 aromatic rings. The van der Waals surface area contributed by atoms with Crippen molar-refractivity contribution in [3.05, 3.63) is 109 Å². The Morgan fingerprint density at radius 2 is 1.68 bits per heavy atom. The normalized spacial score (nSPS) is 14.7. The van der Waals surface area contributed by atoms with E-state index in [1.165, 1.54) is 42.5 Å². The molecule has 37 heavy (non-hydrogen) atoms. The number of rotatable bonds is 8. The Labute approximate surface area is 208 Å². The molecule has 0 saturated heterocycles. The zero-order valence-corrected chi connectivity index (χ0v) is 19.1. The van der Waals surface area contributed by atoms with Crippen LogP contribution in [0, 0.1) is 33.1 Å². The van der Waals surface area contributed by atoms with Crippen LogP contribution in [0.5, 0.6) is 0 Å². The third-order valence-corrected chi connectivity index (χ3v) is 5.75. The number of fused-ring (bicyclic) bond motifs is 1. The average molecular weight is 503 g/mol. The maximum absolute atomic E-state index is 13.5. The number of nitro benzene ring substituents is 2. The van der Waals surface area contributed by atoms with Gasteiger partial charge in [-0.05, 0) is 24.6 Å². The molecule has 0 saturated carbocycles. The summed E-state index contributed by atoms with van der Waals surface area (Å²) in [5.41, 5.74) is -0.642. The highest BCUT2D eigenvalue weighted by Gasteiger charge is 2.46. The first-order valence-corrected chi connectivity index (χ1v) is 10.8. The van der Waals surface area contributed by atoms with E-state index in [-0.39, 0.29) is 22.4 Å². The van der Waals surface area contributed by atoms with E-state index in [0.717, 1.165) is 12.1 Å². The molecule has 0 radical (unpaired) electrons. The first kappa shape index (κ1) is 24.9. The number of aryl methyl sites for hydroxylation is 1. The number of hydrogen-bond acceptors (Lipinski definition) is 9. The minimum absolute atomic E-state index is 0.0896. The SMILES string of the molecule is Cc1ccc(NC(=O)C(=O)C(C(=O)c2cccc([N+](=O)[O-])c2)C2OC(=O)c3ccccc32)c([N+](=O)[O-])c1. The van der Waals surface area contributed by atoms with Crippen LogP contribution in [0.2, 0.25) is 0 Å². The molecule has 0 aliphatic carbocycles. The van der Waals surface area contributed by atoms with Crippen LogP contribution in [0.15, 0.2) is 66.7 Å². The minimum atomic E-state index is -1.92. The lowest BCUT2D eigenvalue weighted by atomic mass is 9.84. The van der Waals surface area contributed by atoms with E-state index in [2.05, 4.69) is 5.32 Å². The molecule has 186 valence electrons. The number of carbonyl (C=O) groups is 4. The molecule has 3 aromatic carbocycles. The number of carbonyl (C=O) groups excluding carboxylic acids is 4. The zero-order valence-electron chi connectivity index (χ0n) is 19.1. The molecule has 0 fully saturated rings. The van der Waals surface area contributed by atoms with Crippen molar-refractivity contribution < 1.29 is 33.8 Å². The quantitative estimate of drug-likeness (QED) is 0.120. The van der Waals surface area contributed by atoms with Gasteiger partial charge in [-0.15, -0.1) is 0 Å². The molecule has 12 heteroatoms. The van der Waals surface area contributed by atoms with Crippen molar-refractivity contribution in [3.8, 4) is 0 Å². The predicted molar refractivity (Wildman–Crippen MR) is 127 cm³/mol. The molecule has 2 atom stereocenters. The van der Waals surface area contributed by atoms with Gasteiger partial charge in [-0.25, -0.2) is 4.79 Å². The van der Waals surface area contributed by atoms with Crippen LogP contribution in [-0.2, 0) is 14.3 Å². The first-order chi connectivity index (χ1) is 17.6. The summed E-state index contributed by atoms with van der Waals surface area (Å²) < 4.78 is 5.31. The van der Waals surface area contributed by atoms with E-state index in [1.54, 1.807) is 19.1 Å². The molecule has 12 nitrogen and oxygen atoms in total.